The molecule has 0 aromatic heterocycles. The summed E-state index contributed by atoms with van der Waals surface area (Å²) in [6.07, 6.45) is 22.8. The molecule has 5 heteroatoms. The second-order valence-electron chi connectivity index (χ2n) is 5.64. The molecule has 0 saturated carbocycles. The zero-order chi connectivity index (χ0) is 17.9. The zero-order valence-corrected chi connectivity index (χ0v) is 17.8. The standard InChI is InChI=1S/C20H32O4.Na/c1-2-3-4-5-6-7-8-9-10-11-12-13-14-16-19(24-23)17-15-18-20(21)22;/h7-10,12-13,16,23H,2-6,11,14-15,17-18H2,1H3,(H,21,22);/q;+1/p-1. The fourth-order valence-corrected chi connectivity index (χ4v) is 2.08. The monoisotopic (exact) mass is 358 g/mol. The number of hydrogen-bond donors (Lipinski definition) is 1. The van der Waals surface area contributed by atoms with Gasteiger partial charge in [-0.05, 0) is 44.6 Å². The van der Waals surface area contributed by atoms with E-state index in [4.69, 9.17) is 5.26 Å². The van der Waals surface area contributed by atoms with E-state index in [-0.39, 0.29) is 36.0 Å². The van der Waals surface area contributed by atoms with Crippen molar-refractivity contribution in [3.63, 3.8) is 0 Å². The Morgan fingerprint density at radius 3 is 2.36 bits per heavy atom. The quantitative estimate of drug-likeness (QED) is 0.0920. The number of aliphatic carboxylic acids is 1. The number of unbranched alkanes of at least 4 members (excludes halogenated alkanes) is 4. The molecule has 0 aromatic rings. The Labute approximate surface area is 174 Å². The van der Waals surface area contributed by atoms with Gasteiger partial charge in [-0.1, -0.05) is 62.6 Å². The van der Waals surface area contributed by atoms with Crippen molar-refractivity contribution in [2.75, 3.05) is 0 Å². The van der Waals surface area contributed by atoms with Crippen LogP contribution in [0.2, 0.25) is 0 Å². The molecular weight excluding hydrogens is 327 g/mol. The van der Waals surface area contributed by atoms with Gasteiger partial charge in [-0.3, -0.25) is 0 Å². The third kappa shape index (κ3) is 21.1. The van der Waals surface area contributed by atoms with Crippen LogP contribution in [-0.4, -0.2) is 11.2 Å². The van der Waals surface area contributed by atoms with Crippen LogP contribution in [0, 0.1) is 0 Å². The van der Waals surface area contributed by atoms with Gasteiger partial charge in [-0.25, -0.2) is 5.26 Å². The fourth-order valence-electron chi connectivity index (χ4n) is 2.08. The van der Waals surface area contributed by atoms with Crippen molar-refractivity contribution in [3.05, 3.63) is 48.3 Å². The fraction of sp³-hybridized carbons (Fsp3) is 0.550. The summed E-state index contributed by atoms with van der Waals surface area (Å²) in [4.78, 5) is 14.5. The van der Waals surface area contributed by atoms with Crippen molar-refractivity contribution < 1.29 is 49.6 Å². The molecule has 25 heavy (non-hydrogen) atoms. The van der Waals surface area contributed by atoms with E-state index in [1.807, 2.05) is 12.2 Å². The molecule has 0 heterocycles. The number of carbonyl (C=O) groups excluding carboxylic acids is 1. The van der Waals surface area contributed by atoms with E-state index >= 15 is 0 Å². The summed E-state index contributed by atoms with van der Waals surface area (Å²) < 4.78 is 0. The molecule has 0 saturated heterocycles. The van der Waals surface area contributed by atoms with Crippen molar-refractivity contribution in [1.29, 1.82) is 0 Å². The zero-order valence-electron chi connectivity index (χ0n) is 15.8. The van der Waals surface area contributed by atoms with Crippen molar-refractivity contribution in [2.24, 2.45) is 0 Å². The Kier molecular flexibility index (Phi) is 22.4. The van der Waals surface area contributed by atoms with E-state index in [1.165, 1.54) is 25.7 Å². The molecule has 0 spiro atoms. The van der Waals surface area contributed by atoms with E-state index in [2.05, 4.69) is 36.1 Å². The maximum Gasteiger partial charge on any atom is 1.00 e. The molecule has 136 valence electrons. The van der Waals surface area contributed by atoms with Crippen molar-refractivity contribution in [3.8, 4) is 0 Å². The van der Waals surface area contributed by atoms with E-state index in [1.54, 1.807) is 6.08 Å². The molecule has 0 aliphatic carbocycles. The number of hydrogen-bond acceptors (Lipinski definition) is 4. The minimum absolute atomic E-state index is 0. The van der Waals surface area contributed by atoms with Crippen molar-refractivity contribution in [2.45, 2.75) is 71.1 Å². The second kappa shape index (κ2) is 21.2. The molecule has 0 aromatic carbocycles. The van der Waals surface area contributed by atoms with Gasteiger partial charge in [-0.2, -0.15) is 0 Å². The molecule has 1 N–H and O–H groups in total. The summed E-state index contributed by atoms with van der Waals surface area (Å²) in [6, 6.07) is 0. The molecule has 0 rings (SSSR count). The van der Waals surface area contributed by atoms with Gasteiger partial charge >= 0.3 is 29.6 Å². The second-order valence-corrected chi connectivity index (χ2v) is 5.64. The number of carboxylic acids is 1. The molecular formula is C20H31NaO4. The largest absolute Gasteiger partial charge is 1.00 e. The minimum atomic E-state index is -1.09. The average molecular weight is 358 g/mol. The van der Waals surface area contributed by atoms with Crippen LogP contribution in [0.4, 0.5) is 0 Å². The van der Waals surface area contributed by atoms with Gasteiger partial charge in [0.1, 0.15) is 5.76 Å². The normalized spacial score (nSPS) is 12.2. The van der Waals surface area contributed by atoms with E-state index in [0.717, 1.165) is 12.8 Å². The Balaban J connectivity index is 0. The van der Waals surface area contributed by atoms with E-state index < -0.39 is 5.97 Å². The van der Waals surface area contributed by atoms with Crippen molar-refractivity contribution in [1.82, 2.24) is 0 Å². The summed E-state index contributed by atoms with van der Waals surface area (Å²) in [5, 5.41) is 19.0. The first-order valence-electron chi connectivity index (χ1n) is 8.87. The first kappa shape index (κ1) is 26.4. The maximum absolute atomic E-state index is 10.3. The summed E-state index contributed by atoms with van der Waals surface area (Å²) in [5.41, 5.74) is 0. The Bertz CT molecular complexity index is 425. The molecule has 0 aliphatic heterocycles. The third-order valence-corrected chi connectivity index (χ3v) is 3.45. The van der Waals surface area contributed by atoms with Crippen LogP contribution in [0.1, 0.15) is 71.1 Å². The van der Waals surface area contributed by atoms with Gasteiger partial charge in [0.25, 0.3) is 0 Å². The first-order chi connectivity index (χ1) is 11.7. The predicted octanol–water partition coefficient (Wildman–Crippen LogP) is 1.70. The molecule has 0 fully saturated rings. The summed E-state index contributed by atoms with van der Waals surface area (Å²) >= 11 is 0. The summed E-state index contributed by atoms with van der Waals surface area (Å²) in [6.45, 7) is 2.22. The smallest absolute Gasteiger partial charge is 0.550 e. The minimum Gasteiger partial charge on any atom is -0.550 e. The maximum atomic E-state index is 10.3. The Hall–Kier alpha value is -0.810. The van der Waals surface area contributed by atoms with Gasteiger partial charge < -0.3 is 14.8 Å². The molecule has 4 nitrogen and oxygen atoms in total. The summed E-state index contributed by atoms with van der Waals surface area (Å²) in [7, 11) is 0. The van der Waals surface area contributed by atoms with Crippen LogP contribution in [0.3, 0.4) is 0 Å². The van der Waals surface area contributed by atoms with Gasteiger partial charge in [0.15, 0.2) is 0 Å². The molecule has 0 radical (unpaired) electrons. The molecule has 0 bridgehead atoms. The van der Waals surface area contributed by atoms with Crippen LogP contribution in [0.25, 0.3) is 0 Å². The molecule has 0 amide bonds. The third-order valence-electron chi connectivity index (χ3n) is 3.45. The summed E-state index contributed by atoms with van der Waals surface area (Å²) in [5.74, 6) is -0.698. The molecule has 0 atom stereocenters. The van der Waals surface area contributed by atoms with Gasteiger partial charge in [-0.15, -0.1) is 0 Å². The SMILES string of the molecule is CCCCCCC=CC=CCC=CCC=C(CCCC(=O)[O-])OO.[Na+]. The van der Waals surface area contributed by atoms with E-state index in [0.29, 0.717) is 25.0 Å². The van der Waals surface area contributed by atoms with E-state index in [9.17, 15) is 9.90 Å². The van der Waals surface area contributed by atoms with Crippen LogP contribution < -0.4 is 34.7 Å². The van der Waals surface area contributed by atoms with Crippen LogP contribution in [0.15, 0.2) is 48.3 Å². The predicted molar refractivity (Wildman–Crippen MR) is 96.1 cm³/mol. The van der Waals surface area contributed by atoms with Gasteiger partial charge in [0.2, 0.25) is 0 Å². The van der Waals surface area contributed by atoms with Crippen LogP contribution in [-0.2, 0) is 9.68 Å². The topological polar surface area (TPSA) is 69.6 Å². The van der Waals surface area contributed by atoms with Crippen LogP contribution in [0.5, 0.6) is 0 Å². The van der Waals surface area contributed by atoms with Gasteiger partial charge in [0.05, 0.1) is 0 Å². The van der Waals surface area contributed by atoms with Gasteiger partial charge in [0, 0.05) is 12.4 Å². The van der Waals surface area contributed by atoms with Crippen molar-refractivity contribution >= 4 is 5.97 Å². The van der Waals surface area contributed by atoms with Crippen LogP contribution >= 0.6 is 0 Å². The number of carbonyl (C=O) groups is 1. The molecule has 0 aliphatic rings. The number of allylic oxidation sites excluding steroid dienone is 8. The number of carboxylic acid groups (broad SMARTS) is 1. The number of rotatable bonds is 15. The average Bonchev–Trinajstić information content (AvgIpc) is 2.57. The Morgan fingerprint density at radius 2 is 1.68 bits per heavy atom. The Morgan fingerprint density at radius 1 is 0.960 bits per heavy atom. The first-order valence-corrected chi connectivity index (χ1v) is 8.87. The molecule has 0 unspecified atom stereocenters.